The molecule has 3 aromatic carbocycles. The number of amides is 1. The normalized spacial score (nSPS) is 16.6. The number of phenols is 1. The van der Waals surface area contributed by atoms with E-state index >= 15 is 0 Å². The van der Waals surface area contributed by atoms with Crippen molar-refractivity contribution in [3.05, 3.63) is 94.6 Å². The van der Waals surface area contributed by atoms with Crippen molar-refractivity contribution in [3.63, 3.8) is 0 Å². The lowest BCUT2D eigenvalue weighted by atomic mass is 9.94. The molecule has 2 N–H and O–H groups in total. The minimum atomic E-state index is -0.890. The van der Waals surface area contributed by atoms with Crippen LogP contribution in [0.3, 0.4) is 0 Å². The first-order valence-corrected chi connectivity index (χ1v) is 12.9. The lowest BCUT2D eigenvalue weighted by Crippen LogP contribution is -3.05. The Kier molecular flexibility index (Phi) is 8.56. The standard InChI is InChI=1S/C31H34N2O6/c1-20-17-23(12-14-25(20)39-19-21-9-6-5-7-10-21)29(35)27-28(22-11-13-24(34)26(18-22)38-4)33(31(37)30(27)36)16-8-15-32(2)3/h5-7,9-14,17-18,28,34-35H,8,15-16,19H2,1-4H3. The van der Waals surface area contributed by atoms with Gasteiger partial charge in [0.05, 0.1) is 33.8 Å². The van der Waals surface area contributed by atoms with E-state index < -0.39 is 23.5 Å². The van der Waals surface area contributed by atoms with Gasteiger partial charge in [0.1, 0.15) is 12.4 Å². The summed E-state index contributed by atoms with van der Waals surface area (Å²) in [5.74, 6) is -1.28. The number of phenolic OH excluding ortho intramolecular Hbond substituents is 1. The zero-order valence-electron chi connectivity index (χ0n) is 22.7. The van der Waals surface area contributed by atoms with Crippen molar-refractivity contribution in [1.82, 2.24) is 4.90 Å². The van der Waals surface area contributed by atoms with Gasteiger partial charge in [0.2, 0.25) is 5.78 Å². The molecule has 1 aliphatic heterocycles. The number of nitrogens with zero attached hydrogens (tertiary/aromatic N) is 1. The molecular formula is C31H34N2O6. The van der Waals surface area contributed by atoms with E-state index in [0.29, 0.717) is 36.4 Å². The monoisotopic (exact) mass is 530 g/mol. The fourth-order valence-electron chi connectivity index (χ4n) is 4.76. The quantitative estimate of drug-likeness (QED) is 0.236. The summed E-state index contributed by atoms with van der Waals surface area (Å²) < 4.78 is 11.2. The van der Waals surface area contributed by atoms with Crippen LogP contribution in [0.4, 0.5) is 0 Å². The van der Waals surface area contributed by atoms with Crippen molar-refractivity contribution in [2.45, 2.75) is 26.0 Å². The van der Waals surface area contributed by atoms with Crippen LogP contribution in [0.1, 0.15) is 34.7 Å². The Balaban J connectivity index is 1.71. The minimum absolute atomic E-state index is 0.0748. The molecule has 1 fully saturated rings. The van der Waals surface area contributed by atoms with Crippen LogP contribution in [-0.2, 0) is 16.2 Å². The highest BCUT2D eigenvalue weighted by molar-refractivity contribution is 6.46. The summed E-state index contributed by atoms with van der Waals surface area (Å²) in [6.45, 7) is 3.32. The molecule has 0 saturated carbocycles. The molecule has 39 heavy (non-hydrogen) atoms. The number of likely N-dealkylation sites (tertiary alicyclic amines) is 1. The number of hydrogen-bond acceptors (Lipinski definition) is 6. The van der Waals surface area contributed by atoms with Crippen molar-refractivity contribution in [1.29, 1.82) is 0 Å². The molecule has 1 aliphatic rings. The molecule has 1 unspecified atom stereocenters. The fraction of sp³-hybridized carbons (Fsp3) is 0.290. The van der Waals surface area contributed by atoms with E-state index in [4.69, 9.17) is 9.47 Å². The Hall–Kier alpha value is -4.30. The van der Waals surface area contributed by atoms with E-state index in [1.165, 1.54) is 23.0 Å². The van der Waals surface area contributed by atoms with Crippen LogP contribution < -0.4 is 19.5 Å². The van der Waals surface area contributed by atoms with Gasteiger partial charge in [0.15, 0.2) is 11.5 Å². The smallest absolute Gasteiger partial charge is 0.295 e. The van der Waals surface area contributed by atoms with Gasteiger partial charge < -0.3 is 29.5 Å². The van der Waals surface area contributed by atoms with E-state index in [1.54, 1.807) is 30.3 Å². The molecule has 0 radical (unpaired) electrons. The van der Waals surface area contributed by atoms with Crippen LogP contribution >= 0.6 is 0 Å². The summed E-state index contributed by atoms with van der Waals surface area (Å²) in [4.78, 5) is 29.1. The number of methoxy groups -OCH3 is 1. The number of carbonyl (C=O) groups is 2. The van der Waals surface area contributed by atoms with E-state index in [2.05, 4.69) is 0 Å². The summed E-state index contributed by atoms with van der Waals surface area (Å²) in [6.07, 6.45) is 0.654. The third-order valence-corrected chi connectivity index (χ3v) is 6.80. The molecule has 0 aliphatic carbocycles. The van der Waals surface area contributed by atoms with Gasteiger partial charge in [-0.05, 0) is 53.4 Å². The second-order valence-electron chi connectivity index (χ2n) is 9.97. The number of aryl methyl sites for hydroxylation is 1. The molecule has 4 rings (SSSR count). The molecule has 8 heteroatoms. The predicted molar refractivity (Wildman–Crippen MR) is 145 cm³/mol. The average molecular weight is 531 g/mol. The Morgan fingerprint density at radius 3 is 2.44 bits per heavy atom. The molecule has 3 aromatic rings. The Bertz CT molecular complexity index is 1380. The van der Waals surface area contributed by atoms with Crippen LogP contribution in [0.2, 0.25) is 0 Å². The van der Waals surface area contributed by atoms with E-state index in [9.17, 15) is 19.8 Å². The van der Waals surface area contributed by atoms with Crippen LogP contribution in [0.5, 0.6) is 17.2 Å². The second kappa shape index (κ2) is 12.0. The SMILES string of the molecule is COc1cc(C2C(=C([O-])c3ccc(OCc4ccccc4)c(C)c3)C(=O)C(=O)N2CCC[NH+](C)C)ccc1O. The zero-order chi connectivity index (χ0) is 28.1. The molecular weight excluding hydrogens is 496 g/mol. The van der Waals surface area contributed by atoms with E-state index in [0.717, 1.165) is 17.7 Å². The number of ketones is 1. The van der Waals surface area contributed by atoms with Crippen LogP contribution in [-0.4, -0.2) is 56.0 Å². The summed E-state index contributed by atoms with van der Waals surface area (Å²) in [5.41, 5.74) is 2.46. The van der Waals surface area contributed by atoms with Crippen LogP contribution in [0.15, 0.2) is 72.3 Å². The second-order valence-corrected chi connectivity index (χ2v) is 9.97. The van der Waals surface area contributed by atoms with Gasteiger partial charge in [-0.15, -0.1) is 0 Å². The Labute approximate surface area is 228 Å². The maximum Gasteiger partial charge on any atom is 0.295 e. The highest BCUT2D eigenvalue weighted by Crippen LogP contribution is 2.41. The summed E-state index contributed by atoms with van der Waals surface area (Å²) in [6, 6.07) is 18.5. The van der Waals surface area contributed by atoms with Gasteiger partial charge in [-0.3, -0.25) is 9.59 Å². The number of carbonyl (C=O) groups excluding carboxylic acids is 2. The maximum atomic E-state index is 13.8. The topological polar surface area (TPSA) is 104 Å². The summed E-state index contributed by atoms with van der Waals surface area (Å²) >= 11 is 0. The minimum Gasteiger partial charge on any atom is -0.872 e. The van der Waals surface area contributed by atoms with Crippen LogP contribution in [0.25, 0.3) is 5.76 Å². The fourth-order valence-corrected chi connectivity index (χ4v) is 4.76. The molecule has 1 atom stereocenters. The number of hydrogen-bond donors (Lipinski definition) is 2. The van der Waals surface area contributed by atoms with Crippen molar-refractivity contribution in [2.24, 2.45) is 0 Å². The van der Waals surface area contributed by atoms with Gasteiger partial charge in [0.25, 0.3) is 5.91 Å². The molecule has 0 bridgehead atoms. The molecule has 1 saturated heterocycles. The molecule has 8 nitrogen and oxygen atoms in total. The molecule has 0 aromatic heterocycles. The van der Waals surface area contributed by atoms with Crippen LogP contribution in [0, 0.1) is 6.92 Å². The van der Waals surface area contributed by atoms with Gasteiger partial charge in [-0.25, -0.2) is 0 Å². The number of ether oxygens (including phenoxy) is 2. The van der Waals surface area contributed by atoms with Gasteiger partial charge in [-0.1, -0.05) is 48.2 Å². The Morgan fingerprint density at radius 2 is 1.77 bits per heavy atom. The number of aromatic hydroxyl groups is 1. The lowest BCUT2D eigenvalue weighted by Gasteiger charge is -2.28. The number of benzene rings is 3. The average Bonchev–Trinajstić information content (AvgIpc) is 3.17. The molecule has 0 spiro atoms. The van der Waals surface area contributed by atoms with Gasteiger partial charge in [0, 0.05) is 18.5 Å². The first-order chi connectivity index (χ1) is 18.7. The van der Waals surface area contributed by atoms with Crippen molar-refractivity contribution in [2.75, 3.05) is 34.3 Å². The van der Waals surface area contributed by atoms with Crippen molar-refractivity contribution < 1.29 is 34.2 Å². The number of rotatable bonds is 10. The zero-order valence-corrected chi connectivity index (χ0v) is 22.7. The Morgan fingerprint density at radius 1 is 1.03 bits per heavy atom. The molecule has 204 valence electrons. The first kappa shape index (κ1) is 27.7. The van der Waals surface area contributed by atoms with Crippen molar-refractivity contribution >= 4 is 17.4 Å². The van der Waals surface area contributed by atoms with E-state index in [-0.39, 0.29) is 17.1 Å². The van der Waals surface area contributed by atoms with Gasteiger partial charge in [-0.2, -0.15) is 0 Å². The summed E-state index contributed by atoms with van der Waals surface area (Å²) in [5, 5.41) is 23.9. The van der Waals surface area contributed by atoms with Gasteiger partial charge >= 0.3 is 0 Å². The third kappa shape index (κ3) is 6.07. The predicted octanol–water partition coefficient (Wildman–Crippen LogP) is 2.05. The highest BCUT2D eigenvalue weighted by atomic mass is 16.5. The molecule has 1 heterocycles. The third-order valence-electron chi connectivity index (χ3n) is 6.80. The van der Waals surface area contributed by atoms with Crippen molar-refractivity contribution in [3.8, 4) is 17.2 Å². The van der Waals surface area contributed by atoms with E-state index in [1.807, 2.05) is 51.4 Å². The molecule has 1 amide bonds. The summed E-state index contributed by atoms with van der Waals surface area (Å²) in [7, 11) is 5.44. The largest absolute Gasteiger partial charge is 0.872 e. The lowest BCUT2D eigenvalue weighted by molar-refractivity contribution is -0.858. The number of Topliss-reactive ketones (excluding diaryl/α,β-unsaturated/α-hetero) is 1. The first-order valence-electron chi connectivity index (χ1n) is 12.9. The number of quaternary nitrogens is 1. The number of nitrogens with one attached hydrogen (secondary N) is 1. The highest BCUT2D eigenvalue weighted by Gasteiger charge is 2.44. The maximum absolute atomic E-state index is 13.8.